The molecule has 30 heavy (non-hydrogen) atoms. The molecule has 3 aromatic rings. The summed E-state index contributed by atoms with van der Waals surface area (Å²) < 4.78 is 2.03. The Bertz CT molecular complexity index is 917. The van der Waals surface area contributed by atoms with Gasteiger partial charge in [0.1, 0.15) is 18.2 Å². The lowest BCUT2D eigenvalue weighted by atomic mass is 9.80. The molecular formula is C27H31BrNO+. The first-order chi connectivity index (χ1) is 14.5. The van der Waals surface area contributed by atoms with Gasteiger partial charge in [-0.15, -0.1) is 0 Å². The Morgan fingerprint density at radius 1 is 0.867 bits per heavy atom. The van der Waals surface area contributed by atoms with Crippen molar-refractivity contribution in [2.45, 2.75) is 43.9 Å². The Morgan fingerprint density at radius 3 is 1.97 bits per heavy atom. The SMILES string of the molecule is C[N+]1(Cc2ccccc2Br)CCCC1C(O)(Cc1ccccc1)Cc1ccccc1. The molecule has 2 unspecified atom stereocenters. The summed E-state index contributed by atoms with van der Waals surface area (Å²) in [6.07, 6.45) is 3.56. The number of hydrogen-bond donors (Lipinski definition) is 1. The second kappa shape index (κ2) is 9.05. The summed E-state index contributed by atoms with van der Waals surface area (Å²) in [6, 6.07) is 29.6. The second-order valence-electron chi connectivity index (χ2n) is 9.04. The molecular weight excluding hydrogens is 434 g/mol. The lowest BCUT2D eigenvalue weighted by molar-refractivity contribution is -0.940. The summed E-state index contributed by atoms with van der Waals surface area (Å²) in [5.74, 6) is 0. The van der Waals surface area contributed by atoms with Gasteiger partial charge in [-0.3, -0.25) is 0 Å². The predicted molar refractivity (Wildman–Crippen MR) is 127 cm³/mol. The summed E-state index contributed by atoms with van der Waals surface area (Å²) in [5, 5.41) is 12.3. The van der Waals surface area contributed by atoms with Crippen LogP contribution in [0, 0.1) is 0 Å². The molecule has 2 atom stereocenters. The molecule has 1 saturated heterocycles. The summed E-state index contributed by atoms with van der Waals surface area (Å²) in [6.45, 7) is 2.02. The van der Waals surface area contributed by atoms with Crippen molar-refractivity contribution in [1.82, 2.24) is 0 Å². The van der Waals surface area contributed by atoms with E-state index in [1.807, 2.05) is 12.1 Å². The van der Waals surface area contributed by atoms with E-state index in [0.717, 1.165) is 34.9 Å². The minimum absolute atomic E-state index is 0.185. The van der Waals surface area contributed by atoms with Crippen LogP contribution in [0.5, 0.6) is 0 Å². The quantitative estimate of drug-likeness (QED) is 0.439. The summed E-state index contributed by atoms with van der Waals surface area (Å²) in [7, 11) is 2.33. The second-order valence-corrected chi connectivity index (χ2v) is 9.89. The van der Waals surface area contributed by atoms with Gasteiger partial charge < -0.3 is 9.59 Å². The Balaban J connectivity index is 1.68. The molecule has 4 rings (SSSR count). The van der Waals surface area contributed by atoms with Gasteiger partial charge in [-0.2, -0.15) is 0 Å². The van der Waals surface area contributed by atoms with Crippen molar-refractivity contribution in [3.8, 4) is 0 Å². The predicted octanol–water partition coefficient (Wildman–Crippen LogP) is 5.77. The Hall–Kier alpha value is -1.94. The summed E-state index contributed by atoms with van der Waals surface area (Å²) >= 11 is 3.73. The minimum atomic E-state index is -0.796. The first-order valence-electron chi connectivity index (χ1n) is 10.9. The van der Waals surface area contributed by atoms with Gasteiger partial charge in [0, 0.05) is 35.7 Å². The van der Waals surface area contributed by atoms with Gasteiger partial charge in [0.05, 0.1) is 13.6 Å². The van der Waals surface area contributed by atoms with Gasteiger partial charge in [0.2, 0.25) is 0 Å². The Labute approximate surface area is 188 Å². The third kappa shape index (κ3) is 4.69. The maximum Gasteiger partial charge on any atom is 0.124 e. The van der Waals surface area contributed by atoms with Crippen molar-refractivity contribution in [2.24, 2.45) is 0 Å². The highest BCUT2D eigenvalue weighted by Crippen LogP contribution is 2.39. The molecule has 0 amide bonds. The van der Waals surface area contributed by atoms with E-state index in [1.165, 1.54) is 16.7 Å². The van der Waals surface area contributed by atoms with E-state index in [2.05, 4.69) is 95.8 Å². The maximum atomic E-state index is 12.3. The largest absolute Gasteiger partial charge is 0.383 e. The number of likely N-dealkylation sites (N-methyl/N-ethyl adjacent to an activating group) is 1. The molecule has 0 bridgehead atoms. The molecule has 1 heterocycles. The van der Waals surface area contributed by atoms with Crippen molar-refractivity contribution in [3.05, 3.63) is 106 Å². The molecule has 0 spiro atoms. The van der Waals surface area contributed by atoms with E-state index >= 15 is 0 Å². The number of benzene rings is 3. The first-order valence-corrected chi connectivity index (χ1v) is 11.7. The van der Waals surface area contributed by atoms with Crippen molar-refractivity contribution >= 4 is 15.9 Å². The molecule has 1 aliphatic rings. The van der Waals surface area contributed by atoms with Gasteiger partial charge in [-0.1, -0.05) is 94.8 Å². The third-order valence-electron chi connectivity index (χ3n) is 6.71. The average molecular weight is 465 g/mol. The van der Waals surface area contributed by atoms with Crippen molar-refractivity contribution < 1.29 is 9.59 Å². The lowest BCUT2D eigenvalue weighted by Gasteiger charge is -2.45. The van der Waals surface area contributed by atoms with E-state index in [4.69, 9.17) is 0 Å². The number of hydrogen-bond acceptors (Lipinski definition) is 1. The monoisotopic (exact) mass is 464 g/mol. The van der Waals surface area contributed by atoms with Crippen LogP contribution in [0.4, 0.5) is 0 Å². The molecule has 0 radical (unpaired) electrons. The van der Waals surface area contributed by atoms with Crippen LogP contribution in [0.2, 0.25) is 0 Å². The molecule has 0 saturated carbocycles. The maximum absolute atomic E-state index is 12.3. The number of aliphatic hydroxyl groups is 1. The van der Waals surface area contributed by atoms with Gasteiger partial charge >= 0.3 is 0 Å². The summed E-state index contributed by atoms with van der Waals surface area (Å²) in [5.41, 5.74) is 2.93. The summed E-state index contributed by atoms with van der Waals surface area (Å²) in [4.78, 5) is 0. The van der Waals surface area contributed by atoms with E-state index < -0.39 is 5.60 Å². The highest BCUT2D eigenvalue weighted by Gasteiger charge is 2.51. The topological polar surface area (TPSA) is 20.2 Å². The zero-order chi connectivity index (χ0) is 21.0. The smallest absolute Gasteiger partial charge is 0.124 e. The Morgan fingerprint density at radius 2 is 1.40 bits per heavy atom. The highest BCUT2D eigenvalue weighted by molar-refractivity contribution is 9.10. The van der Waals surface area contributed by atoms with Gasteiger partial charge in [0.25, 0.3) is 0 Å². The first kappa shape index (κ1) is 21.3. The van der Waals surface area contributed by atoms with E-state index in [9.17, 15) is 5.11 Å². The molecule has 1 N–H and O–H groups in total. The van der Waals surface area contributed by atoms with E-state index in [1.54, 1.807) is 0 Å². The lowest BCUT2D eigenvalue weighted by Crippen LogP contribution is -2.60. The minimum Gasteiger partial charge on any atom is -0.383 e. The van der Waals surface area contributed by atoms with Crippen LogP contribution in [0.25, 0.3) is 0 Å². The van der Waals surface area contributed by atoms with Crippen LogP contribution in [0.15, 0.2) is 89.4 Å². The highest BCUT2D eigenvalue weighted by atomic mass is 79.9. The molecule has 1 aliphatic heterocycles. The number of quaternary nitrogens is 1. The molecule has 0 aromatic heterocycles. The van der Waals surface area contributed by atoms with Crippen LogP contribution in [0.1, 0.15) is 29.5 Å². The number of rotatable bonds is 7. The molecule has 1 fully saturated rings. The van der Waals surface area contributed by atoms with Gasteiger partial charge in [-0.25, -0.2) is 0 Å². The number of likely N-dealkylation sites (tertiary alicyclic amines) is 1. The van der Waals surface area contributed by atoms with E-state index in [0.29, 0.717) is 12.8 Å². The van der Waals surface area contributed by atoms with Crippen molar-refractivity contribution in [3.63, 3.8) is 0 Å². The molecule has 0 aliphatic carbocycles. The van der Waals surface area contributed by atoms with Crippen LogP contribution >= 0.6 is 15.9 Å². The number of halogens is 1. The molecule has 3 heteroatoms. The zero-order valence-corrected chi connectivity index (χ0v) is 19.3. The van der Waals surface area contributed by atoms with Crippen LogP contribution in [0.3, 0.4) is 0 Å². The van der Waals surface area contributed by atoms with Crippen LogP contribution < -0.4 is 0 Å². The van der Waals surface area contributed by atoms with E-state index in [-0.39, 0.29) is 6.04 Å². The standard InChI is InChI=1S/C27H31BrNO/c1-29(21-24-15-8-9-16-25(24)28)18-10-17-26(29)27(30,19-22-11-4-2-5-12-22)20-23-13-6-3-7-14-23/h2-9,11-16,26,30H,10,17-21H2,1H3/q+1. The molecule has 3 aromatic carbocycles. The Kier molecular flexibility index (Phi) is 6.43. The average Bonchev–Trinajstić information content (AvgIpc) is 3.13. The normalized spacial score (nSPS) is 21.6. The fraction of sp³-hybridized carbons (Fsp3) is 0.333. The zero-order valence-electron chi connectivity index (χ0n) is 17.7. The molecule has 156 valence electrons. The van der Waals surface area contributed by atoms with Crippen LogP contribution in [-0.2, 0) is 19.4 Å². The molecule has 2 nitrogen and oxygen atoms in total. The van der Waals surface area contributed by atoms with Gasteiger partial charge in [-0.05, 0) is 17.2 Å². The van der Waals surface area contributed by atoms with Crippen molar-refractivity contribution in [2.75, 3.05) is 13.6 Å². The number of nitrogens with zero attached hydrogens (tertiary/aromatic N) is 1. The third-order valence-corrected chi connectivity index (χ3v) is 7.49. The van der Waals surface area contributed by atoms with Gasteiger partial charge in [0.15, 0.2) is 0 Å². The fourth-order valence-electron chi connectivity index (χ4n) is 5.36. The van der Waals surface area contributed by atoms with Crippen molar-refractivity contribution in [1.29, 1.82) is 0 Å². The fourth-order valence-corrected chi connectivity index (χ4v) is 5.77. The van der Waals surface area contributed by atoms with Crippen LogP contribution in [-0.4, -0.2) is 34.8 Å².